The summed E-state index contributed by atoms with van der Waals surface area (Å²) < 4.78 is 5.03. The van der Waals surface area contributed by atoms with Crippen molar-refractivity contribution in [1.29, 1.82) is 0 Å². The molecule has 0 aliphatic carbocycles. The lowest BCUT2D eigenvalue weighted by Gasteiger charge is -2.13. The Labute approximate surface area is 80.0 Å². The zero-order valence-electron chi connectivity index (χ0n) is 7.27. The summed E-state index contributed by atoms with van der Waals surface area (Å²) in [7, 11) is 0. The van der Waals surface area contributed by atoms with Gasteiger partial charge in [0, 0.05) is 12.2 Å². The SMILES string of the molecule is O=C1C=CC(=O)N1NCc1ccco1. The van der Waals surface area contributed by atoms with Crippen LogP contribution in [0.3, 0.4) is 0 Å². The molecule has 0 aromatic carbocycles. The Hall–Kier alpha value is -1.88. The minimum atomic E-state index is -0.360. The summed E-state index contributed by atoms with van der Waals surface area (Å²) in [5.74, 6) is -0.0550. The number of hydrogen-bond donors (Lipinski definition) is 1. The monoisotopic (exact) mass is 192 g/mol. The van der Waals surface area contributed by atoms with E-state index in [2.05, 4.69) is 5.43 Å². The second kappa shape index (κ2) is 3.47. The summed E-state index contributed by atoms with van der Waals surface area (Å²) in [6.45, 7) is 0.312. The molecule has 2 heterocycles. The zero-order valence-corrected chi connectivity index (χ0v) is 7.27. The first kappa shape index (κ1) is 8.71. The number of nitrogens with one attached hydrogen (secondary N) is 1. The van der Waals surface area contributed by atoms with E-state index < -0.39 is 0 Å². The molecule has 0 saturated carbocycles. The largest absolute Gasteiger partial charge is 0.468 e. The van der Waals surface area contributed by atoms with Crippen LogP contribution >= 0.6 is 0 Å². The van der Waals surface area contributed by atoms with Crippen molar-refractivity contribution in [3.8, 4) is 0 Å². The zero-order chi connectivity index (χ0) is 9.97. The Kier molecular flexibility index (Phi) is 2.16. The van der Waals surface area contributed by atoms with Crippen molar-refractivity contribution < 1.29 is 14.0 Å². The summed E-state index contributed by atoms with van der Waals surface area (Å²) in [4.78, 5) is 22.1. The summed E-state index contributed by atoms with van der Waals surface area (Å²) in [5, 5.41) is 0.947. The molecule has 1 aliphatic heterocycles. The minimum absolute atomic E-state index is 0.312. The van der Waals surface area contributed by atoms with Gasteiger partial charge in [0.1, 0.15) is 5.76 Å². The average Bonchev–Trinajstić information content (AvgIpc) is 2.76. The molecule has 0 saturated heterocycles. The van der Waals surface area contributed by atoms with Crippen LogP contribution in [0.1, 0.15) is 5.76 Å². The van der Waals surface area contributed by atoms with E-state index in [0.717, 1.165) is 5.01 Å². The van der Waals surface area contributed by atoms with Crippen LogP contribution in [-0.4, -0.2) is 16.8 Å². The van der Waals surface area contributed by atoms with Crippen molar-refractivity contribution in [3.63, 3.8) is 0 Å². The topological polar surface area (TPSA) is 62.6 Å². The third kappa shape index (κ3) is 1.57. The van der Waals surface area contributed by atoms with Crippen molar-refractivity contribution in [1.82, 2.24) is 10.4 Å². The van der Waals surface area contributed by atoms with Gasteiger partial charge < -0.3 is 4.42 Å². The predicted octanol–water partition coefficient (Wildman–Crippen LogP) is 0.209. The Morgan fingerprint density at radius 3 is 2.57 bits per heavy atom. The van der Waals surface area contributed by atoms with Gasteiger partial charge in [-0.25, -0.2) is 10.4 Å². The number of carbonyl (C=O) groups excluding carboxylic acids is 2. The Morgan fingerprint density at radius 1 is 1.29 bits per heavy atom. The molecule has 0 fully saturated rings. The summed E-state index contributed by atoms with van der Waals surface area (Å²) in [5.41, 5.74) is 2.66. The number of hydrogen-bond acceptors (Lipinski definition) is 4. The third-order valence-electron chi connectivity index (χ3n) is 1.80. The van der Waals surface area contributed by atoms with E-state index in [1.165, 1.54) is 18.4 Å². The molecule has 0 spiro atoms. The lowest BCUT2D eigenvalue weighted by molar-refractivity contribution is -0.140. The first-order valence-electron chi connectivity index (χ1n) is 4.09. The summed E-state index contributed by atoms with van der Waals surface area (Å²) in [6, 6.07) is 3.49. The molecule has 2 rings (SSSR count). The van der Waals surface area contributed by atoms with Crippen LogP contribution in [0.5, 0.6) is 0 Å². The van der Waals surface area contributed by atoms with Crippen LogP contribution in [0, 0.1) is 0 Å². The first-order valence-corrected chi connectivity index (χ1v) is 4.09. The molecule has 5 heteroatoms. The molecule has 1 aromatic rings. The van der Waals surface area contributed by atoms with Crippen LogP contribution in [0.4, 0.5) is 0 Å². The maximum atomic E-state index is 11.1. The standard InChI is InChI=1S/C9H8N2O3/c12-8-3-4-9(13)11(8)10-6-7-2-1-5-14-7/h1-5,10H,6H2. The lowest BCUT2D eigenvalue weighted by atomic mass is 10.4. The first-order chi connectivity index (χ1) is 6.77. The highest BCUT2D eigenvalue weighted by atomic mass is 16.3. The normalized spacial score (nSPS) is 15.6. The number of imide groups is 1. The Morgan fingerprint density at radius 2 is 2.00 bits per heavy atom. The van der Waals surface area contributed by atoms with E-state index in [1.54, 1.807) is 12.1 Å². The quantitative estimate of drug-likeness (QED) is 0.695. The molecule has 1 aromatic heterocycles. The predicted molar refractivity (Wildman–Crippen MR) is 46.5 cm³/mol. The number of nitrogens with zero attached hydrogens (tertiary/aromatic N) is 1. The van der Waals surface area contributed by atoms with Crippen LogP contribution in [0.25, 0.3) is 0 Å². The van der Waals surface area contributed by atoms with Crippen LogP contribution in [0.2, 0.25) is 0 Å². The van der Waals surface area contributed by atoms with Crippen molar-refractivity contribution in [2.24, 2.45) is 0 Å². The van der Waals surface area contributed by atoms with Crippen LogP contribution in [-0.2, 0) is 16.1 Å². The summed E-state index contributed by atoms with van der Waals surface area (Å²) >= 11 is 0. The van der Waals surface area contributed by atoms with E-state index in [0.29, 0.717) is 12.3 Å². The van der Waals surface area contributed by atoms with Gasteiger partial charge in [-0.05, 0) is 12.1 Å². The van der Waals surface area contributed by atoms with E-state index >= 15 is 0 Å². The highest BCUT2D eigenvalue weighted by molar-refractivity contribution is 6.12. The fourth-order valence-corrected chi connectivity index (χ4v) is 1.13. The van der Waals surface area contributed by atoms with Gasteiger partial charge in [0.15, 0.2) is 0 Å². The Bertz CT molecular complexity index is 363. The third-order valence-corrected chi connectivity index (χ3v) is 1.80. The van der Waals surface area contributed by atoms with Gasteiger partial charge in [-0.15, -0.1) is 0 Å². The van der Waals surface area contributed by atoms with Crippen molar-refractivity contribution in [2.75, 3.05) is 0 Å². The summed E-state index contributed by atoms with van der Waals surface area (Å²) in [6.07, 6.45) is 3.97. The lowest BCUT2D eigenvalue weighted by Crippen LogP contribution is -2.41. The van der Waals surface area contributed by atoms with E-state index in [1.807, 2.05) is 0 Å². The molecule has 1 aliphatic rings. The van der Waals surface area contributed by atoms with Gasteiger partial charge in [0.25, 0.3) is 11.8 Å². The highest BCUT2D eigenvalue weighted by Crippen LogP contribution is 2.03. The van der Waals surface area contributed by atoms with Gasteiger partial charge in [-0.1, -0.05) is 0 Å². The van der Waals surface area contributed by atoms with Gasteiger partial charge in [0.05, 0.1) is 12.8 Å². The molecular weight excluding hydrogens is 184 g/mol. The highest BCUT2D eigenvalue weighted by Gasteiger charge is 2.22. The molecule has 0 unspecified atom stereocenters. The second-order valence-electron chi connectivity index (χ2n) is 2.76. The van der Waals surface area contributed by atoms with Gasteiger partial charge >= 0.3 is 0 Å². The van der Waals surface area contributed by atoms with Crippen molar-refractivity contribution in [3.05, 3.63) is 36.3 Å². The fourth-order valence-electron chi connectivity index (χ4n) is 1.13. The molecular formula is C9H8N2O3. The van der Waals surface area contributed by atoms with Gasteiger partial charge in [-0.3, -0.25) is 9.59 Å². The number of hydrazine groups is 1. The molecule has 0 atom stereocenters. The van der Waals surface area contributed by atoms with Crippen LogP contribution < -0.4 is 5.43 Å². The average molecular weight is 192 g/mol. The van der Waals surface area contributed by atoms with Crippen LogP contribution in [0.15, 0.2) is 35.0 Å². The van der Waals surface area contributed by atoms with E-state index in [9.17, 15) is 9.59 Å². The molecule has 14 heavy (non-hydrogen) atoms. The molecule has 2 amide bonds. The number of carbonyl (C=O) groups is 2. The maximum Gasteiger partial charge on any atom is 0.268 e. The molecule has 72 valence electrons. The number of rotatable bonds is 3. The maximum absolute atomic E-state index is 11.1. The fraction of sp³-hybridized carbons (Fsp3) is 0.111. The van der Waals surface area contributed by atoms with Gasteiger partial charge in [0.2, 0.25) is 0 Å². The number of furan rings is 1. The van der Waals surface area contributed by atoms with E-state index in [4.69, 9.17) is 4.42 Å². The molecule has 0 radical (unpaired) electrons. The van der Waals surface area contributed by atoms with E-state index in [-0.39, 0.29) is 11.8 Å². The Balaban J connectivity index is 1.93. The smallest absolute Gasteiger partial charge is 0.268 e. The van der Waals surface area contributed by atoms with Crippen molar-refractivity contribution in [2.45, 2.75) is 6.54 Å². The second-order valence-corrected chi connectivity index (χ2v) is 2.76. The molecule has 0 bridgehead atoms. The molecule has 5 nitrogen and oxygen atoms in total. The van der Waals surface area contributed by atoms with Gasteiger partial charge in [-0.2, -0.15) is 0 Å². The molecule has 1 N–H and O–H groups in total. The minimum Gasteiger partial charge on any atom is -0.468 e. The van der Waals surface area contributed by atoms with Crippen molar-refractivity contribution >= 4 is 11.8 Å². The number of amides is 2.